The Bertz CT molecular complexity index is 887. The topological polar surface area (TPSA) is 112 Å². The van der Waals surface area contributed by atoms with Gasteiger partial charge in [0.05, 0.1) is 22.6 Å². The SMILES string of the molecule is N#Cc1cccc(COC(=O)c2cc3c(cc2[N+](=O)[O-])OCCO3)c1. The van der Waals surface area contributed by atoms with Crippen molar-refractivity contribution < 1.29 is 23.9 Å². The molecule has 0 aromatic heterocycles. The van der Waals surface area contributed by atoms with Crippen LogP contribution in [0.15, 0.2) is 36.4 Å². The quantitative estimate of drug-likeness (QED) is 0.477. The van der Waals surface area contributed by atoms with Gasteiger partial charge in [-0.1, -0.05) is 12.1 Å². The van der Waals surface area contributed by atoms with Crippen LogP contribution in [-0.2, 0) is 11.3 Å². The van der Waals surface area contributed by atoms with Crippen LogP contribution in [0.1, 0.15) is 21.5 Å². The summed E-state index contributed by atoms with van der Waals surface area (Å²) in [7, 11) is 0. The molecule has 0 amide bonds. The Balaban J connectivity index is 1.83. The monoisotopic (exact) mass is 340 g/mol. The highest BCUT2D eigenvalue weighted by Crippen LogP contribution is 2.36. The lowest BCUT2D eigenvalue weighted by molar-refractivity contribution is -0.385. The standard InChI is InChI=1S/C17H12N2O6/c18-9-11-2-1-3-12(6-11)10-25-17(20)13-7-15-16(24-5-4-23-15)8-14(13)19(21)22/h1-3,6-8H,4-5,10H2. The van der Waals surface area contributed by atoms with Crippen molar-refractivity contribution in [3.8, 4) is 17.6 Å². The molecule has 8 nitrogen and oxygen atoms in total. The van der Waals surface area contributed by atoms with Crippen molar-refractivity contribution in [1.29, 1.82) is 5.26 Å². The maximum Gasteiger partial charge on any atom is 0.345 e. The molecule has 0 fully saturated rings. The minimum atomic E-state index is -0.856. The minimum absolute atomic E-state index is 0.111. The van der Waals surface area contributed by atoms with Gasteiger partial charge < -0.3 is 14.2 Å². The van der Waals surface area contributed by atoms with Crippen LogP contribution in [0.3, 0.4) is 0 Å². The number of carbonyl (C=O) groups is 1. The van der Waals surface area contributed by atoms with Crippen LogP contribution in [0.2, 0.25) is 0 Å². The van der Waals surface area contributed by atoms with Crippen LogP contribution >= 0.6 is 0 Å². The number of nitrogens with zero attached hydrogens (tertiary/aromatic N) is 2. The molecule has 2 aromatic rings. The molecule has 3 rings (SSSR count). The first-order valence-corrected chi connectivity index (χ1v) is 7.32. The lowest BCUT2D eigenvalue weighted by atomic mass is 10.1. The normalized spacial score (nSPS) is 12.1. The van der Waals surface area contributed by atoms with Gasteiger partial charge in [0.2, 0.25) is 0 Å². The molecule has 1 aliphatic heterocycles. The molecule has 126 valence electrons. The number of nitro benzene ring substituents is 1. The Kier molecular flexibility index (Phi) is 4.48. The summed E-state index contributed by atoms with van der Waals surface area (Å²) in [6, 6.07) is 10.9. The van der Waals surface area contributed by atoms with Gasteiger partial charge in [-0.2, -0.15) is 5.26 Å². The van der Waals surface area contributed by atoms with Crippen molar-refractivity contribution >= 4 is 11.7 Å². The molecule has 0 saturated heterocycles. The van der Waals surface area contributed by atoms with E-state index in [2.05, 4.69) is 0 Å². The van der Waals surface area contributed by atoms with Gasteiger partial charge in [0.1, 0.15) is 25.4 Å². The van der Waals surface area contributed by atoms with Gasteiger partial charge in [-0.3, -0.25) is 10.1 Å². The number of nitriles is 1. The van der Waals surface area contributed by atoms with Crippen LogP contribution < -0.4 is 9.47 Å². The largest absolute Gasteiger partial charge is 0.486 e. The Morgan fingerprint density at radius 3 is 2.64 bits per heavy atom. The first-order chi connectivity index (χ1) is 12.1. The van der Waals surface area contributed by atoms with E-state index in [4.69, 9.17) is 19.5 Å². The molecule has 0 aliphatic carbocycles. The van der Waals surface area contributed by atoms with Crippen molar-refractivity contribution in [2.24, 2.45) is 0 Å². The molecule has 25 heavy (non-hydrogen) atoms. The van der Waals surface area contributed by atoms with Gasteiger partial charge in [-0.05, 0) is 17.7 Å². The molecule has 0 bridgehead atoms. The lowest BCUT2D eigenvalue weighted by Crippen LogP contribution is -2.17. The summed E-state index contributed by atoms with van der Waals surface area (Å²) in [4.78, 5) is 22.9. The predicted octanol–water partition coefficient (Wildman–Crippen LogP) is 2.59. The van der Waals surface area contributed by atoms with Gasteiger partial charge >= 0.3 is 5.97 Å². The van der Waals surface area contributed by atoms with Crippen molar-refractivity contribution in [1.82, 2.24) is 0 Å². The molecule has 2 aromatic carbocycles. The average Bonchev–Trinajstić information content (AvgIpc) is 2.65. The summed E-state index contributed by atoms with van der Waals surface area (Å²) in [6.45, 7) is 0.462. The number of esters is 1. The summed E-state index contributed by atoms with van der Waals surface area (Å²) in [6.07, 6.45) is 0. The summed E-state index contributed by atoms with van der Waals surface area (Å²) < 4.78 is 15.8. The number of rotatable bonds is 4. The molecular weight excluding hydrogens is 328 g/mol. The first kappa shape index (κ1) is 16.3. The summed E-state index contributed by atoms with van der Waals surface area (Å²) in [5.74, 6) is -0.377. The fourth-order valence-corrected chi connectivity index (χ4v) is 2.35. The molecule has 1 aliphatic rings. The molecule has 0 N–H and O–H groups in total. The minimum Gasteiger partial charge on any atom is -0.486 e. The van der Waals surface area contributed by atoms with Crippen molar-refractivity contribution in [3.05, 3.63) is 63.2 Å². The summed E-state index contributed by atoms with van der Waals surface area (Å²) in [5.41, 5.74) is 0.400. The van der Waals surface area contributed by atoms with Crippen LogP contribution in [0, 0.1) is 21.4 Å². The van der Waals surface area contributed by atoms with Crippen LogP contribution in [-0.4, -0.2) is 24.1 Å². The second-order valence-corrected chi connectivity index (χ2v) is 5.16. The Labute approximate surface area is 142 Å². The zero-order valence-corrected chi connectivity index (χ0v) is 12.9. The summed E-state index contributed by atoms with van der Waals surface area (Å²) in [5, 5.41) is 20.1. The van der Waals surface area contributed by atoms with E-state index in [1.807, 2.05) is 6.07 Å². The van der Waals surface area contributed by atoms with Crippen molar-refractivity contribution in [3.63, 3.8) is 0 Å². The van der Waals surface area contributed by atoms with Crippen molar-refractivity contribution in [2.45, 2.75) is 6.61 Å². The van der Waals surface area contributed by atoms with E-state index in [9.17, 15) is 14.9 Å². The van der Waals surface area contributed by atoms with E-state index >= 15 is 0 Å². The second-order valence-electron chi connectivity index (χ2n) is 5.16. The van der Waals surface area contributed by atoms with Crippen LogP contribution in [0.5, 0.6) is 11.5 Å². The highest BCUT2D eigenvalue weighted by atomic mass is 16.6. The molecule has 0 atom stereocenters. The van der Waals surface area contributed by atoms with E-state index in [0.29, 0.717) is 17.7 Å². The molecule has 0 spiro atoms. The highest BCUT2D eigenvalue weighted by molar-refractivity contribution is 5.95. The zero-order valence-electron chi connectivity index (χ0n) is 12.9. The first-order valence-electron chi connectivity index (χ1n) is 7.32. The van der Waals surface area contributed by atoms with E-state index in [0.717, 1.165) is 6.07 Å². The van der Waals surface area contributed by atoms with E-state index in [-0.39, 0.29) is 30.3 Å². The number of hydrogen-bond donors (Lipinski definition) is 0. The fourth-order valence-electron chi connectivity index (χ4n) is 2.35. The third kappa shape index (κ3) is 3.50. The number of benzene rings is 2. The Morgan fingerprint density at radius 2 is 1.96 bits per heavy atom. The molecule has 0 saturated carbocycles. The van der Waals surface area contributed by atoms with Crippen LogP contribution in [0.4, 0.5) is 5.69 Å². The van der Waals surface area contributed by atoms with E-state index < -0.39 is 16.6 Å². The molecule has 0 radical (unpaired) electrons. The smallest absolute Gasteiger partial charge is 0.345 e. The third-order valence-electron chi connectivity index (χ3n) is 3.50. The maximum atomic E-state index is 12.3. The Morgan fingerprint density at radius 1 is 1.24 bits per heavy atom. The number of ether oxygens (including phenoxy) is 3. The van der Waals surface area contributed by atoms with Gasteiger partial charge in [0, 0.05) is 6.07 Å². The van der Waals surface area contributed by atoms with Gasteiger partial charge in [0.15, 0.2) is 11.5 Å². The lowest BCUT2D eigenvalue weighted by Gasteiger charge is -2.18. The Hall–Kier alpha value is -3.60. The molecular formula is C17H12N2O6. The van der Waals surface area contributed by atoms with Gasteiger partial charge in [-0.25, -0.2) is 4.79 Å². The second kappa shape index (κ2) is 6.88. The number of carbonyl (C=O) groups excluding carboxylic acids is 1. The predicted molar refractivity (Wildman–Crippen MR) is 84.4 cm³/mol. The highest BCUT2D eigenvalue weighted by Gasteiger charge is 2.27. The van der Waals surface area contributed by atoms with Crippen LogP contribution in [0.25, 0.3) is 0 Å². The zero-order chi connectivity index (χ0) is 17.8. The molecule has 8 heteroatoms. The van der Waals surface area contributed by atoms with Crippen molar-refractivity contribution in [2.75, 3.05) is 13.2 Å². The summed E-state index contributed by atoms with van der Waals surface area (Å²) >= 11 is 0. The number of hydrogen-bond acceptors (Lipinski definition) is 7. The fraction of sp³-hybridized carbons (Fsp3) is 0.176. The number of nitro groups is 1. The van der Waals surface area contributed by atoms with Gasteiger partial charge in [0.25, 0.3) is 5.69 Å². The average molecular weight is 340 g/mol. The maximum absolute atomic E-state index is 12.3. The van der Waals surface area contributed by atoms with E-state index in [1.165, 1.54) is 6.07 Å². The third-order valence-corrected chi connectivity index (χ3v) is 3.50. The number of fused-ring (bicyclic) bond motifs is 1. The molecule has 1 heterocycles. The molecule has 0 unspecified atom stereocenters. The van der Waals surface area contributed by atoms with E-state index in [1.54, 1.807) is 24.3 Å². The van der Waals surface area contributed by atoms with Gasteiger partial charge in [-0.15, -0.1) is 0 Å².